The highest BCUT2D eigenvalue weighted by molar-refractivity contribution is 4.64. The van der Waals surface area contributed by atoms with Crippen molar-refractivity contribution >= 4 is 0 Å². The number of nitrogens with one attached hydrogen (secondary N) is 1. The number of rotatable bonds is 5. The molecule has 2 heteroatoms. The van der Waals surface area contributed by atoms with Crippen LogP contribution in [0.2, 0.25) is 0 Å². The highest BCUT2D eigenvalue weighted by Crippen LogP contribution is 2.06. The first-order valence-electron chi connectivity index (χ1n) is 4.59. The van der Waals surface area contributed by atoms with E-state index in [-0.39, 0.29) is 0 Å². The van der Waals surface area contributed by atoms with E-state index in [1.165, 1.54) is 6.42 Å². The van der Waals surface area contributed by atoms with Crippen molar-refractivity contribution in [1.29, 1.82) is 0 Å². The quantitative estimate of drug-likeness (QED) is 0.615. The summed E-state index contributed by atoms with van der Waals surface area (Å²) in [5.41, 5.74) is 3.41. The molecule has 0 aromatic rings. The first-order valence-corrected chi connectivity index (χ1v) is 4.59. The summed E-state index contributed by atoms with van der Waals surface area (Å²) >= 11 is 0. The summed E-state index contributed by atoms with van der Waals surface area (Å²) in [6, 6.07) is 0.588. The topological polar surface area (TPSA) is 15.3 Å². The van der Waals surface area contributed by atoms with Crippen molar-refractivity contribution in [2.75, 3.05) is 13.6 Å². The predicted molar refractivity (Wildman–Crippen MR) is 50.4 cm³/mol. The Morgan fingerprint density at radius 3 is 2.18 bits per heavy atom. The molecule has 2 unspecified atom stereocenters. The summed E-state index contributed by atoms with van der Waals surface area (Å²) in [7, 11) is 2.08. The molecule has 0 bridgehead atoms. The van der Waals surface area contributed by atoms with Crippen LogP contribution in [0, 0.1) is 5.92 Å². The Kier molecular flexibility index (Phi) is 5.51. The van der Waals surface area contributed by atoms with Gasteiger partial charge in [-0.1, -0.05) is 27.2 Å². The van der Waals surface area contributed by atoms with E-state index >= 15 is 0 Å². The van der Waals surface area contributed by atoms with Gasteiger partial charge in [0.2, 0.25) is 0 Å². The molecule has 0 saturated heterocycles. The number of hydrogen-bond donors (Lipinski definition) is 1. The van der Waals surface area contributed by atoms with Crippen LogP contribution in [-0.4, -0.2) is 24.6 Å². The molecule has 68 valence electrons. The number of hydrazine groups is 1. The zero-order chi connectivity index (χ0) is 8.85. The molecule has 11 heavy (non-hydrogen) atoms. The Hall–Kier alpha value is -0.0800. The van der Waals surface area contributed by atoms with Gasteiger partial charge < -0.3 is 0 Å². The van der Waals surface area contributed by atoms with E-state index in [1.807, 2.05) is 0 Å². The van der Waals surface area contributed by atoms with E-state index < -0.39 is 0 Å². The lowest BCUT2D eigenvalue weighted by molar-refractivity contribution is 0.183. The van der Waals surface area contributed by atoms with Gasteiger partial charge in [-0.15, -0.1) is 0 Å². The first kappa shape index (κ1) is 10.9. The van der Waals surface area contributed by atoms with Crippen LogP contribution < -0.4 is 5.43 Å². The minimum atomic E-state index is 0.588. The maximum Gasteiger partial charge on any atom is 0.0212 e. The summed E-state index contributed by atoms with van der Waals surface area (Å²) in [5, 5.41) is 2.14. The van der Waals surface area contributed by atoms with E-state index in [0.717, 1.165) is 12.5 Å². The van der Waals surface area contributed by atoms with E-state index in [2.05, 4.69) is 45.2 Å². The fourth-order valence-electron chi connectivity index (χ4n) is 0.920. The van der Waals surface area contributed by atoms with Crippen LogP contribution >= 0.6 is 0 Å². The molecule has 0 aliphatic carbocycles. The summed E-state index contributed by atoms with van der Waals surface area (Å²) in [4.78, 5) is 0. The van der Waals surface area contributed by atoms with Gasteiger partial charge >= 0.3 is 0 Å². The van der Waals surface area contributed by atoms with Crippen molar-refractivity contribution < 1.29 is 0 Å². The first-order chi connectivity index (χ1) is 5.11. The molecule has 0 spiro atoms. The highest BCUT2D eigenvalue weighted by atomic mass is 15.5. The monoisotopic (exact) mass is 158 g/mol. The lowest BCUT2D eigenvalue weighted by Crippen LogP contribution is -2.43. The van der Waals surface area contributed by atoms with Crippen LogP contribution in [-0.2, 0) is 0 Å². The molecule has 0 saturated carbocycles. The molecule has 0 aliphatic heterocycles. The van der Waals surface area contributed by atoms with Gasteiger partial charge in [-0.2, -0.15) is 0 Å². The molecular formula is C9H22N2. The van der Waals surface area contributed by atoms with Crippen molar-refractivity contribution in [2.45, 2.75) is 40.2 Å². The third kappa shape index (κ3) is 4.38. The van der Waals surface area contributed by atoms with Gasteiger partial charge in [-0.25, -0.2) is 5.01 Å². The van der Waals surface area contributed by atoms with Gasteiger partial charge in [0.25, 0.3) is 0 Å². The van der Waals surface area contributed by atoms with Gasteiger partial charge in [0, 0.05) is 19.6 Å². The maximum absolute atomic E-state index is 3.41. The summed E-state index contributed by atoms with van der Waals surface area (Å²) < 4.78 is 0. The Morgan fingerprint density at radius 2 is 1.82 bits per heavy atom. The second kappa shape index (κ2) is 5.56. The van der Waals surface area contributed by atoms with Crippen molar-refractivity contribution in [3.63, 3.8) is 0 Å². The molecule has 0 aromatic carbocycles. The van der Waals surface area contributed by atoms with Gasteiger partial charge in [-0.05, 0) is 12.8 Å². The fraction of sp³-hybridized carbons (Fsp3) is 1.00. The van der Waals surface area contributed by atoms with E-state index in [1.54, 1.807) is 0 Å². The van der Waals surface area contributed by atoms with Gasteiger partial charge in [0.05, 0.1) is 0 Å². The molecule has 0 aromatic heterocycles. The summed E-state index contributed by atoms with van der Waals surface area (Å²) in [5.74, 6) is 0.754. The van der Waals surface area contributed by atoms with Crippen LogP contribution in [0.25, 0.3) is 0 Å². The lowest BCUT2D eigenvalue weighted by atomic mass is 10.0. The van der Waals surface area contributed by atoms with Crippen molar-refractivity contribution in [2.24, 2.45) is 5.92 Å². The molecule has 0 amide bonds. The number of hydrogen-bond acceptors (Lipinski definition) is 2. The Bertz CT molecular complexity index is 93.6. The molecule has 0 rings (SSSR count). The molecule has 2 nitrogen and oxygen atoms in total. The standard InChI is InChI=1S/C9H22N2/c1-6-8(3)9(4)10-11(5)7-2/h8-10H,6-7H2,1-5H3. The zero-order valence-corrected chi connectivity index (χ0v) is 8.52. The highest BCUT2D eigenvalue weighted by Gasteiger charge is 2.09. The smallest absolute Gasteiger partial charge is 0.0212 e. The largest absolute Gasteiger partial charge is 0.252 e. The zero-order valence-electron chi connectivity index (χ0n) is 8.52. The average molecular weight is 158 g/mol. The SMILES string of the molecule is CCC(C)C(C)NN(C)CC. The second-order valence-corrected chi connectivity index (χ2v) is 3.32. The average Bonchev–Trinajstić information content (AvgIpc) is 2.02. The van der Waals surface area contributed by atoms with Gasteiger partial charge in [0.15, 0.2) is 0 Å². The molecular weight excluding hydrogens is 136 g/mol. The van der Waals surface area contributed by atoms with E-state index in [9.17, 15) is 0 Å². The third-order valence-corrected chi connectivity index (χ3v) is 2.40. The second-order valence-electron chi connectivity index (χ2n) is 3.32. The third-order valence-electron chi connectivity index (χ3n) is 2.40. The van der Waals surface area contributed by atoms with E-state index in [0.29, 0.717) is 6.04 Å². The van der Waals surface area contributed by atoms with Crippen LogP contribution in [0.4, 0.5) is 0 Å². The molecule has 0 aliphatic rings. The Morgan fingerprint density at radius 1 is 1.27 bits per heavy atom. The Balaban J connectivity index is 3.58. The molecule has 0 radical (unpaired) electrons. The summed E-state index contributed by atoms with van der Waals surface area (Å²) in [6.07, 6.45) is 1.24. The molecule has 0 fully saturated rings. The summed E-state index contributed by atoms with van der Waals surface area (Å²) in [6.45, 7) is 9.95. The van der Waals surface area contributed by atoms with Gasteiger partial charge in [-0.3, -0.25) is 5.43 Å². The van der Waals surface area contributed by atoms with E-state index in [4.69, 9.17) is 0 Å². The molecule has 1 N–H and O–H groups in total. The van der Waals surface area contributed by atoms with Crippen LogP contribution in [0.1, 0.15) is 34.1 Å². The Labute approximate surface area is 70.9 Å². The van der Waals surface area contributed by atoms with Crippen LogP contribution in [0.15, 0.2) is 0 Å². The normalized spacial score (nSPS) is 16.9. The fourth-order valence-corrected chi connectivity index (χ4v) is 0.920. The van der Waals surface area contributed by atoms with Crippen molar-refractivity contribution in [3.05, 3.63) is 0 Å². The molecule has 0 heterocycles. The minimum absolute atomic E-state index is 0.588. The predicted octanol–water partition coefficient (Wildman–Crippen LogP) is 1.88. The minimum Gasteiger partial charge on any atom is -0.252 e. The molecule has 2 atom stereocenters. The van der Waals surface area contributed by atoms with Gasteiger partial charge in [0.1, 0.15) is 0 Å². The maximum atomic E-state index is 3.41. The van der Waals surface area contributed by atoms with Crippen molar-refractivity contribution in [1.82, 2.24) is 10.4 Å². The lowest BCUT2D eigenvalue weighted by Gasteiger charge is -2.25. The van der Waals surface area contributed by atoms with Crippen molar-refractivity contribution in [3.8, 4) is 0 Å². The van der Waals surface area contributed by atoms with Crippen LogP contribution in [0.5, 0.6) is 0 Å². The van der Waals surface area contributed by atoms with Crippen LogP contribution in [0.3, 0.4) is 0 Å². The number of nitrogens with zero attached hydrogens (tertiary/aromatic N) is 1.